The van der Waals surface area contributed by atoms with Crippen LogP contribution in [0, 0.1) is 0 Å². The van der Waals surface area contributed by atoms with Gasteiger partial charge in [-0.2, -0.15) is 0 Å². The molecule has 0 aliphatic carbocycles. The maximum Gasteiger partial charge on any atom is 0.264 e. The lowest BCUT2D eigenvalue weighted by Gasteiger charge is -2.25. The number of rotatable bonds is 4. The first kappa shape index (κ1) is 15.4. The summed E-state index contributed by atoms with van der Waals surface area (Å²) in [5, 5.41) is 5.30. The fourth-order valence-electron chi connectivity index (χ4n) is 2.45. The highest BCUT2D eigenvalue weighted by molar-refractivity contribution is 8.25. The molecule has 24 heavy (non-hydrogen) atoms. The zero-order chi connectivity index (χ0) is 16.2. The van der Waals surface area contributed by atoms with Gasteiger partial charge in [0.25, 0.3) is 4.27 Å². The summed E-state index contributed by atoms with van der Waals surface area (Å²) in [7, 11) is 0. The summed E-state index contributed by atoms with van der Waals surface area (Å²) in [6, 6.07) is 30.7. The van der Waals surface area contributed by atoms with Crippen LogP contribution in [0.1, 0.15) is 11.1 Å². The van der Waals surface area contributed by atoms with Crippen molar-refractivity contribution in [2.24, 2.45) is 5.16 Å². The van der Waals surface area contributed by atoms with Crippen molar-refractivity contribution in [3.63, 3.8) is 0 Å². The molecule has 3 aromatic carbocycles. The second-order valence-electron chi connectivity index (χ2n) is 5.29. The highest BCUT2D eigenvalue weighted by Crippen LogP contribution is 2.55. The molecular weight excluding hydrogens is 334 g/mol. The van der Waals surface area contributed by atoms with E-state index in [0.717, 1.165) is 21.1 Å². The molecule has 0 saturated carbocycles. The quantitative estimate of drug-likeness (QED) is 0.602. The second-order valence-corrected chi connectivity index (χ2v) is 7.97. The summed E-state index contributed by atoms with van der Waals surface area (Å²) in [6.45, 7) is 0. The first-order valence-electron chi connectivity index (χ1n) is 7.66. The number of nitrogens with zero attached hydrogens (tertiary/aromatic N) is 1. The summed E-state index contributed by atoms with van der Waals surface area (Å²) >= 11 is 3.33. The minimum absolute atomic E-state index is 0.603. The molecule has 0 amide bonds. The van der Waals surface area contributed by atoms with Crippen molar-refractivity contribution in [2.45, 2.75) is 9.16 Å². The minimum Gasteiger partial charge on any atom is -0.360 e. The Morgan fingerprint density at radius 2 is 1.33 bits per heavy atom. The molecule has 1 aliphatic rings. The van der Waals surface area contributed by atoms with Crippen molar-refractivity contribution in [2.75, 3.05) is 0 Å². The van der Waals surface area contributed by atoms with Gasteiger partial charge in [-0.05, 0) is 23.9 Å². The molecule has 3 aromatic rings. The van der Waals surface area contributed by atoms with Crippen molar-refractivity contribution < 1.29 is 4.84 Å². The molecule has 1 aliphatic heterocycles. The summed E-state index contributed by atoms with van der Waals surface area (Å²) in [5.74, 6) is 0. The molecule has 1 heterocycles. The average molecular weight is 349 g/mol. The highest BCUT2D eigenvalue weighted by atomic mass is 32.2. The first-order chi connectivity index (χ1) is 11.9. The molecule has 0 radical (unpaired) electrons. The molecule has 118 valence electrons. The van der Waals surface area contributed by atoms with E-state index >= 15 is 0 Å². The van der Waals surface area contributed by atoms with E-state index in [4.69, 9.17) is 4.84 Å². The van der Waals surface area contributed by atoms with Gasteiger partial charge in [-0.25, -0.2) is 0 Å². The average Bonchev–Trinajstić information content (AvgIpc) is 3.09. The lowest BCUT2D eigenvalue weighted by atomic mass is 10.2. The van der Waals surface area contributed by atoms with E-state index in [0.29, 0.717) is 0 Å². The van der Waals surface area contributed by atoms with Crippen LogP contribution >= 0.6 is 23.5 Å². The van der Waals surface area contributed by atoms with Crippen molar-refractivity contribution in [1.82, 2.24) is 0 Å². The van der Waals surface area contributed by atoms with Gasteiger partial charge in [-0.1, -0.05) is 95.8 Å². The number of hydrogen-bond donors (Lipinski definition) is 0. The minimum atomic E-state index is -0.603. The van der Waals surface area contributed by atoms with Crippen LogP contribution in [-0.4, -0.2) is 5.04 Å². The van der Waals surface area contributed by atoms with Gasteiger partial charge in [0.05, 0.1) is 0 Å². The first-order valence-corrected chi connectivity index (χ1v) is 9.29. The predicted molar refractivity (Wildman–Crippen MR) is 102 cm³/mol. The normalized spacial score (nSPS) is 19.6. The van der Waals surface area contributed by atoms with Gasteiger partial charge in [0.15, 0.2) is 0 Å². The fourth-order valence-corrected chi connectivity index (χ4v) is 4.99. The van der Waals surface area contributed by atoms with Crippen LogP contribution in [0.4, 0.5) is 0 Å². The van der Waals surface area contributed by atoms with Gasteiger partial charge in [0.1, 0.15) is 5.04 Å². The van der Waals surface area contributed by atoms with Crippen LogP contribution in [0.15, 0.2) is 101 Å². The van der Waals surface area contributed by atoms with E-state index in [2.05, 4.69) is 41.6 Å². The van der Waals surface area contributed by atoms with E-state index in [1.807, 2.05) is 54.6 Å². The molecule has 0 spiro atoms. The molecule has 4 rings (SSSR count). The predicted octanol–water partition coefficient (Wildman–Crippen LogP) is 5.71. The number of hydrogen-bond acceptors (Lipinski definition) is 4. The smallest absolute Gasteiger partial charge is 0.264 e. The fraction of sp³-hybridized carbons (Fsp3) is 0.0500. The zero-order valence-electron chi connectivity index (χ0n) is 12.8. The van der Waals surface area contributed by atoms with E-state index < -0.39 is 4.27 Å². The van der Waals surface area contributed by atoms with Gasteiger partial charge in [0.2, 0.25) is 0 Å². The third-order valence-electron chi connectivity index (χ3n) is 3.62. The van der Waals surface area contributed by atoms with Gasteiger partial charge < -0.3 is 4.84 Å². The molecule has 1 atom stereocenters. The highest BCUT2D eigenvalue weighted by Gasteiger charge is 2.43. The monoisotopic (exact) mass is 349 g/mol. The number of oxime groups is 1. The van der Waals surface area contributed by atoms with Crippen molar-refractivity contribution in [3.05, 3.63) is 102 Å². The third-order valence-corrected chi connectivity index (χ3v) is 6.29. The Balaban J connectivity index is 1.69. The lowest BCUT2D eigenvalue weighted by molar-refractivity contribution is 0.104. The van der Waals surface area contributed by atoms with Gasteiger partial charge in [-0.3, -0.25) is 0 Å². The Morgan fingerprint density at radius 1 is 0.750 bits per heavy atom. The molecule has 0 bridgehead atoms. The van der Waals surface area contributed by atoms with Gasteiger partial charge >= 0.3 is 0 Å². The van der Waals surface area contributed by atoms with Crippen LogP contribution in [0.2, 0.25) is 0 Å². The third kappa shape index (κ3) is 3.07. The van der Waals surface area contributed by atoms with E-state index in [-0.39, 0.29) is 0 Å². The Bertz CT molecular complexity index is 837. The molecule has 0 N–H and O–H groups in total. The molecule has 1 unspecified atom stereocenters. The summed E-state index contributed by atoms with van der Waals surface area (Å²) in [6.07, 6.45) is 0. The molecule has 4 heteroatoms. The van der Waals surface area contributed by atoms with Crippen molar-refractivity contribution in [3.8, 4) is 0 Å². The van der Waals surface area contributed by atoms with E-state index in [9.17, 15) is 0 Å². The Hall–Kier alpha value is -2.17. The number of thioether (sulfide) groups is 2. The Labute approximate surface area is 149 Å². The topological polar surface area (TPSA) is 21.6 Å². The SMILES string of the molecule is c1ccc(SC2(c3ccccc3)ON=C(c3ccccc3)S2)cc1. The van der Waals surface area contributed by atoms with Gasteiger partial charge in [0, 0.05) is 16.0 Å². The van der Waals surface area contributed by atoms with Crippen molar-refractivity contribution >= 4 is 28.6 Å². The Morgan fingerprint density at radius 3 is 2.00 bits per heavy atom. The lowest BCUT2D eigenvalue weighted by Crippen LogP contribution is -2.17. The summed E-state index contributed by atoms with van der Waals surface area (Å²) in [4.78, 5) is 7.16. The molecule has 0 saturated heterocycles. The molecular formula is C20H15NOS2. The molecule has 0 fully saturated rings. The van der Waals surface area contributed by atoms with Crippen molar-refractivity contribution in [1.29, 1.82) is 0 Å². The van der Waals surface area contributed by atoms with Crippen LogP contribution < -0.4 is 0 Å². The second kappa shape index (κ2) is 6.75. The van der Waals surface area contributed by atoms with Crippen LogP contribution in [0.5, 0.6) is 0 Å². The van der Waals surface area contributed by atoms with Crippen LogP contribution in [0.25, 0.3) is 0 Å². The molecule has 0 aromatic heterocycles. The van der Waals surface area contributed by atoms with Crippen LogP contribution in [0.3, 0.4) is 0 Å². The largest absolute Gasteiger partial charge is 0.360 e. The molecule has 2 nitrogen and oxygen atoms in total. The van der Waals surface area contributed by atoms with E-state index in [1.165, 1.54) is 0 Å². The Kier molecular flexibility index (Phi) is 4.32. The maximum atomic E-state index is 6.01. The van der Waals surface area contributed by atoms with Gasteiger partial charge in [-0.15, -0.1) is 0 Å². The van der Waals surface area contributed by atoms with Crippen LogP contribution in [-0.2, 0) is 9.10 Å². The summed E-state index contributed by atoms with van der Waals surface area (Å²) < 4.78 is -0.603. The summed E-state index contributed by atoms with van der Waals surface area (Å²) in [5.41, 5.74) is 2.17. The maximum absolute atomic E-state index is 6.01. The standard InChI is InChI=1S/C20H15NOS2/c1-4-10-16(11-5-1)19-21-22-20(24-19,17-12-6-2-7-13-17)23-18-14-8-3-9-15-18/h1-15H. The number of benzene rings is 3. The zero-order valence-corrected chi connectivity index (χ0v) is 14.5. The van der Waals surface area contributed by atoms with E-state index in [1.54, 1.807) is 23.5 Å².